The zero-order valence-corrected chi connectivity index (χ0v) is 15.6. The molecule has 0 radical (unpaired) electrons. The first-order chi connectivity index (χ1) is 14.1. The lowest BCUT2D eigenvalue weighted by atomic mass is 10.2. The second kappa shape index (κ2) is 8.41. The zero-order valence-electron chi connectivity index (χ0n) is 14.9. The van der Waals surface area contributed by atoms with Gasteiger partial charge in [0.15, 0.2) is 12.4 Å². The minimum atomic E-state index is -4.50. The molecule has 1 N–H and O–H groups in total. The van der Waals surface area contributed by atoms with Crippen molar-refractivity contribution in [2.75, 3.05) is 5.32 Å². The van der Waals surface area contributed by atoms with Gasteiger partial charge >= 0.3 is 6.18 Å². The van der Waals surface area contributed by atoms with Crippen LogP contribution in [0.25, 0.3) is 0 Å². The van der Waals surface area contributed by atoms with Crippen molar-refractivity contribution < 1.29 is 27.6 Å². The number of ether oxygens (including phenoxy) is 1. The van der Waals surface area contributed by atoms with Crippen LogP contribution in [0.3, 0.4) is 0 Å². The normalized spacial score (nSPS) is 11.2. The van der Waals surface area contributed by atoms with Gasteiger partial charge < -0.3 is 10.1 Å². The lowest BCUT2D eigenvalue weighted by molar-refractivity contribution is -0.384. The van der Waals surface area contributed by atoms with E-state index in [1.165, 1.54) is 41.2 Å². The highest BCUT2D eigenvalue weighted by molar-refractivity contribution is 6.34. The predicted octanol–water partition coefficient (Wildman–Crippen LogP) is 4.75. The molecular weight excluding hydrogens is 429 g/mol. The number of benzene rings is 2. The van der Waals surface area contributed by atoms with Crippen molar-refractivity contribution in [3.8, 4) is 5.75 Å². The number of anilines is 1. The van der Waals surface area contributed by atoms with Crippen LogP contribution < -0.4 is 10.1 Å². The van der Waals surface area contributed by atoms with Crippen LogP contribution in [0.1, 0.15) is 16.1 Å². The number of nitrogens with zero attached hydrogens (tertiary/aromatic N) is 3. The molecule has 3 rings (SSSR count). The van der Waals surface area contributed by atoms with E-state index in [1.54, 1.807) is 0 Å². The number of nitro benzene ring substituents is 1. The lowest BCUT2D eigenvalue weighted by Gasteiger charge is -2.10. The van der Waals surface area contributed by atoms with Gasteiger partial charge in [0.2, 0.25) is 0 Å². The van der Waals surface area contributed by atoms with Crippen LogP contribution in [0.15, 0.2) is 54.7 Å². The van der Waals surface area contributed by atoms with E-state index in [1.807, 2.05) is 0 Å². The third-order valence-electron chi connectivity index (χ3n) is 3.81. The summed E-state index contributed by atoms with van der Waals surface area (Å²) in [5.74, 6) is -0.704. The molecular formula is C18H12ClF3N4O4. The number of non-ortho nitro benzene ring substituents is 1. The Morgan fingerprint density at radius 3 is 2.70 bits per heavy atom. The first kappa shape index (κ1) is 21.1. The molecule has 0 unspecified atom stereocenters. The average molecular weight is 441 g/mol. The summed E-state index contributed by atoms with van der Waals surface area (Å²) >= 11 is 5.94. The van der Waals surface area contributed by atoms with E-state index in [9.17, 15) is 28.1 Å². The quantitative estimate of drug-likeness (QED) is 0.440. The third kappa shape index (κ3) is 5.06. The number of hydrogen-bond donors (Lipinski definition) is 1. The molecule has 156 valence electrons. The van der Waals surface area contributed by atoms with Crippen molar-refractivity contribution in [3.63, 3.8) is 0 Å². The van der Waals surface area contributed by atoms with Crippen LogP contribution in [0.5, 0.6) is 5.75 Å². The summed E-state index contributed by atoms with van der Waals surface area (Å²) < 4.78 is 44.7. The highest BCUT2D eigenvalue weighted by atomic mass is 35.5. The Hall–Kier alpha value is -3.60. The second-order valence-electron chi connectivity index (χ2n) is 5.91. The Labute approximate surface area is 172 Å². The van der Waals surface area contributed by atoms with Gasteiger partial charge in [-0.25, -0.2) is 4.68 Å². The molecule has 2 aromatic carbocycles. The molecule has 1 amide bonds. The Kier molecular flexibility index (Phi) is 5.92. The number of carbonyl (C=O) groups is 1. The number of amides is 1. The monoisotopic (exact) mass is 440 g/mol. The third-order valence-corrected chi connectivity index (χ3v) is 4.14. The van der Waals surface area contributed by atoms with Gasteiger partial charge in [0, 0.05) is 18.3 Å². The first-order valence-electron chi connectivity index (χ1n) is 8.22. The van der Waals surface area contributed by atoms with Crippen molar-refractivity contribution in [1.29, 1.82) is 0 Å². The van der Waals surface area contributed by atoms with Crippen molar-refractivity contribution in [2.45, 2.75) is 12.9 Å². The zero-order chi connectivity index (χ0) is 21.9. The molecule has 12 heteroatoms. The Morgan fingerprint density at radius 1 is 1.23 bits per heavy atom. The summed E-state index contributed by atoms with van der Waals surface area (Å²) in [5.41, 5.74) is -1.13. The van der Waals surface area contributed by atoms with Crippen molar-refractivity contribution in [2.24, 2.45) is 0 Å². The number of nitro groups is 1. The SMILES string of the molecule is O=C(Nc1cc([N+](=O)[O-])ccc1Cl)c1ccn(COc2cccc(C(F)(F)F)c2)n1. The Bertz CT molecular complexity index is 1100. The summed E-state index contributed by atoms with van der Waals surface area (Å²) in [7, 11) is 0. The van der Waals surface area contributed by atoms with Crippen molar-refractivity contribution in [3.05, 3.63) is 81.1 Å². The van der Waals surface area contributed by atoms with Gasteiger partial charge in [0.05, 0.1) is 21.2 Å². The molecule has 8 nitrogen and oxygen atoms in total. The van der Waals surface area contributed by atoms with Crippen LogP contribution in [-0.4, -0.2) is 20.6 Å². The van der Waals surface area contributed by atoms with Crippen molar-refractivity contribution in [1.82, 2.24) is 9.78 Å². The summed E-state index contributed by atoms with van der Waals surface area (Å²) in [6, 6.07) is 9.25. The molecule has 1 aromatic heterocycles. The number of carbonyl (C=O) groups excluding carboxylic acids is 1. The van der Waals surface area contributed by atoms with Crippen LogP contribution in [0, 0.1) is 10.1 Å². The van der Waals surface area contributed by atoms with E-state index in [2.05, 4.69) is 10.4 Å². The maximum absolute atomic E-state index is 12.7. The van der Waals surface area contributed by atoms with E-state index < -0.39 is 22.6 Å². The molecule has 0 fully saturated rings. The largest absolute Gasteiger partial charge is 0.471 e. The number of aromatic nitrogens is 2. The maximum atomic E-state index is 12.7. The van der Waals surface area contributed by atoms with E-state index in [0.717, 1.165) is 18.2 Å². The molecule has 0 aliphatic heterocycles. The molecule has 30 heavy (non-hydrogen) atoms. The summed E-state index contributed by atoms with van der Waals surface area (Å²) in [4.78, 5) is 22.5. The van der Waals surface area contributed by atoms with E-state index >= 15 is 0 Å². The summed E-state index contributed by atoms with van der Waals surface area (Å²) in [6.45, 7) is -0.244. The minimum absolute atomic E-state index is 0.0188. The molecule has 3 aromatic rings. The van der Waals surface area contributed by atoms with Crippen LogP contribution in [0.2, 0.25) is 5.02 Å². The van der Waals surface area contributed by atoms with Crippen LogP contribution >= 0.6 is 11.6 Å². The number of alkyl halides is 3. The Morgan fingerprint density at radius 2 is 2.00 bits per heavy atom. The molecule has 0 saturated carbocycles. The molecule has 0 aliphatic rings. The number of halogens is 4. The molecule has 0 aliphatic carbocycles. The van der Waals surface area contributed by atoms with Gasteiger partial charge in [0.25, 0.3) is 11.6 Å². The summed E-state index contributed by atoms with van der Waals surface area (Å²) in [6.07, 6.45) is -3.11. The standard InChI is InChI=1S/C18H12ClF3N4O4/c19-14-5-4-12(26(28)29)9-16(14)23-17(27)15-6-7-25(24-15)10-30-13-3-1-2-11(8-13)18(20,21)22/h1-9H,10H2,(H,23,27). The lowest BCUT2D eigenvalue weighted by Crippen LogP contribution is -2.14. The van der Waals surface area contributed by atoms with Crippen LogP contribution in [-0.2, 0) is 12.9 Å². The molecule has 0 bridgehead atoms. The second-order valence-corrected chi connectivity index (χ2v) is 6.32. The molecule has 0 saturated heterocycles. The minimum Gasteiger partial charge on any atom is -0.471 e. The summed E-state index contributed by atoms with van der Waals surface area (Å²) in [5, 5.41) is 17.3. The molecule has 0 spiro atoms. The predicted molar refractivity (Wildman–Crippen MR) is 100 cm³/mol. The number of hydrogen-bond acceptors (Lipinski definition) is 5. The molecule has 0 atom stereocenters. The average Bonchev–Trinajstić information content (AvgIpc) is 3.16. The van der Waals surface area contributed by atoms with E-state index in [0.29, 0.717) is 0 Å². The van der Waals surface area contributed by atoms with Gasteiger partial charge in [-0.05, 0) is 30.3 Å². The van der Waals surface area contributed by atoms with Gasteiger partial charge in [-0.3, -0.25) is 14.9 Å². The van der Waals surface area contributed by atoms with Gasteiger partial charge in [-0.15, -0.1) is 0 Å². The van der Waals surface area contributed by atoms with Gasteiger partial charge in [-0.2, -0.15) is 18.3 Å². The number of rotatable bonds is 6. The molecule has 1 heterocycles. The Balaban J connectivity index is 1.66. The fourth-order valence-corrected chi connectivity index (χ4v) is 2.53. The maximum Gasteiger partial charge on any atom is 0.416 e. The highest BCUT2D eigenvalue weighted by Crippen LogP contribution is 2.31. The van der Waals surface area contributed by atoms with E-state index in [4.69, 9.17) is 16.3 Å². The van der Waals surface area contributed by atoms with Crippen LogP contribution in [0.4, 0.5) is 24.5 Å². The topological polar surface area (TPSA) is 99.3 Å². The smallest absolute Gasteiger partial charge is 0.416 e. The fraction of sp³-hybridized carbons (Fsp3) is 0.111. The van der Waals surface area contributed by atoms with Gasteiger partial charge in [-0.1, -0.05) is 17.7 Å². The number of nitrogens with one attached hydrogen (secondary N) is 1. The fourth-order valence-electron chi connectivity index (χ4n) is 2.37. The first-order valence-corrected chi connectivity index (χ1v) is 8.60. The highest BCUT2D eigenvalue weighted by Gasteiger charge is 2.30. The van der Waals surface area contributed by atoms with E-state index in [-0.39, 0.29) is 34.6 Å². The van der Waals surface area contributed by atoms with Crippen molar-refractivity contribution >= 4 is 28.9 Å². The van der Waals surface area contributed by atoms with Gasteiger partial charge in [0.1, 0.15) is 5.75 Å².